The van der Waals surface area contributed by atoms with Gasteiger partial charge in [-0.15, -0.1) is 0 Å². The zero-order chi connectivity index (χ0) is 14.4. The predicted octanol–water partition coefficient (Wildman–Crippen LogP) is 1.55. The van der Waals surface area contributed by atoms with Crippen molar-refractivity contribution >= 4 is 5.91 Å². The first-order valence-electron chi connectivity index (χ1n) is 7.03. The topological polar surface area (TPSA) is 64.8 Å². The SMILES string of the molecule is CN(Cc1ccc2c(c1)OCCO2)C(=O)CCCCN. The Labute approximate surface area is 119 Å². The molecule has 0 atom stereocenters. The summed E-state index contributed by atoms with van der Waals surface area (Å²) in [7, 11) is 1.82. The highest BCUT2D eigenvalue weighted by Crippen LogP contribution is 2.31. The van der Waals surface area contributed by atoms with Crippen LogP contribution in [0.25, 0.3) is 0 Å². The van der Waals surface area contributed by atoms with Crippen LogP contribution >= 0.6 is 0 Å². The minimum Gasteiger partial charge on any atom is -0.486 e. The molecule has 110 valence electrons. The molecule has 0 radical (unpaired) electrons. The van der Waals surface area contributed by atoms with E-state index in [2.05, 4.69) is 0 Å². The Morgan fingerprint density at radius 1 is 1.25 bits per heavy atom. The summed E-state index contributed by atoms with van der Waals surface area (Å²) in [6.45, 7) is 2.38. The maximum Gasteiger partial charge on any atom is 0.222 e. The Morgan fingerprint density at radius 3 is 2.75 bits per heavy atom. The van der Waals surface area contributed by atoms with E-state index in [-0.39, 0.29) is 5.91 Å². The van der Waals surface area contributed by atoms with Crippen molar-refractivity contribution in [1.82, 2.24) is 4.90 Å². The summed E-state index contributed by atoms with van der Waals surface area (Å²) in [5.74, 6) is 1.68. The second kappa shape index (κ2) is 7.14. The summed E-state index contributed by atoms with van der Waals surface area (Å²) in [5.41, 5.74) is 6.47. The fourth-order valence-corrected chi connectivity index (χ4v) is 2.16. The molecule has 0 spiro atoms. The number of rotatable bonds is 6. The summed E-state index contributed by atoms with van der Waals surface area (Å²) in [6.07, 6.45) is 2.29. The first kappa shape index (κ1) is 14.7. The molecule has 2 N–H and O–H groups in total. The number of ether oxygens (including phenoxy) is 2. The molecular weight excluding hydrogens is 256 g/mol. The Hall–Kier alpha value is -1.75. The number of hydrogen-bond acceptors (Lipinski definition) is 4. The maximum absolute atomic E-state index is 11.9. The summed E-state index contributed by atoms with van der Waals surface area (Å²) in [4.78, 5) is 13.7. The third kappa shape index (κ3) is 3.87. The van der Waals surface area contributed by atoms with Gasteiger partial charge in [0.15, 0.2) is 11.5 Å². The van der Waals surface area contributed by atoms with E-state index in [0.717, 1.165) is 29.9 Å². The van der Waals surface area contributed by atoms with E-state index in [0.29, 0.717) is 32.7 Å². The van der Waals surface area contributed by atoms with Crippen LogP contribution in [-0.2, 0) is 11.3 Å². The van der Waals surface area contributed by atoms with Crippen molar-refractivity contribution in [2.75, 3.05) is 26.8 Å². The zero-order valence-electron chi connectivity index (χ0n) is 11.9. The Morgan fingerprint density at radius 2 is 2.00 bits per heavy atom. The predicted molar refractivity (Wildman–Crippen MR) is 76.8 cm³/mol. The minimum absolute atomic E-state index is 0.147. The number of nitrogens with zero attached hydrogens (tertiary/aromatic N) is 1. The molecule has 5 heteroatoms. The molecule has 0 unspecified atom stereocenters. The van der Waals surface area contributed by atoms with Gasteiger partial charge in [0.1, 0.15) is 13.2 Å². The minimum atomic E-state index is 0.147. The number of carbonyl (C=O) groups excluding carboxylic acids is 1. The molecular formula is C15H22N2O3. The molecule has 1 aliphatic rings. The molecule has 0 fully saturated rings. The third-order valence-electron chi connectivity index (χ3n) is 3.30. The van der Waals surface area contributed by atoms with Gasteiger partial charge in [-0.25, -0.2) is 0 Å². The van der Waals surface area contributed by atoms with Gasteiger partial charge in [0.05, 0.1) is 0 Å². The van der Waals surface area contributed by atoms with Gasteiger partial charge in [0.2, 0.25) is 5.91 Å². The maximum atomic E-state index is 11.9. The molecule has 1 amide bonds. The van der Waals surface area contributed by atoms with Gasteiger partial charge in [-0.1, -0.05) is 6.07 Å². The molecule has 1 heterocycles. The van der Waals surface area contributed by atoms with Crippen molar-refractivity contribution in [2.45, 2.75) is 25.8 Å². The molecule has 0 bridgehead atoms. The zero-order valence-corrected chi connectivity index (χ0v) is 11.9. The van der Waals surface area contributed by atoms with Crippen molar-refractivity contribution in [3.8, 4) is 11.5 Å². The van der Waals surface area contributed by atoms with Crippen molar-refractivity contribution in [2.24, 2.45) is 5.73 Å². The standard InChI is InChI=1S/C15H22N2O3/c1-17(15(18)4-2-3-7-16)11-12-5-6-13-14(10-12)20-9-8-19-13/h5-6,10H,2-4,7-9,11,16H2,1H3. The van der Waals surface area contributed by atoms with Crippen LogP contribution in [0.3, 0.4) is 0 Å². The number of carbonyl (C=O) groups is 1. The molecule has 0 aliphatic carbocycles. The van der Waals surface area contributed by atoms with Crippen molar-refractivity contribution in [3.05, 3.63) is 23.8 Å². The van der Waals surface area contributed by atoms with E-state index in [9.17, 15) is 4.79 Å². The molecule has 2 rings (SSSR count). The lowest BCUT2D eigenvalue weighted by atomic mass is 10.1. The van der Waals surface area contributed by atoms with Gasteiger partial charge in [-0.2, -0.15) is 0 Å². The number of nitrogens with two attached hydrogens (primary N) is 1. The number of benzene rings is 1. The third-order valence-corrected chi connectivity index (χ3v) is 3.30. The molecule has 1 aliphatic heterocycles. The largest absolute Gasteiger partial charge is 0.486 e. The molecule has 0 saturated heterocycles. The first-order chi connectivity index (χ1) is 9.70. The van der Waals surface area contributed by atoms with Crippen LogP contribution in [0.4, 0.5) is 0 Å². The van der Waals surface area contributed by atoms with Crippen LogP contribution in [-0.4, -0.2) is 37.6 Å². The van der Waals surface area contributed by atoms with E-state index in [4.69, 9.17) is 15.2 Å². The van der Waals surface area contributed by atoms with Gasteiger partial charge in [-0.3, -0.25) is 4.79 Å². The van der Waals surface area contributed by atoms with Crippen LogP contribution < -0.4 is 15.2 Å². The lowest BCUT2D eigenvalue weighted by molar-refractivity contribution is -0.130. The van der Waals surface area contributed by atoms with Gasteiger partial charge >= 0.3 is 0 Å². The Kier molecular flexibility index (Phi) is 5.24. The highest BCUT2D eigenvalue weighted by Gasteiger charge is 2.14. The number of amides is 1. The van der Waals surface area contributed by atoms with E-state index >= 15 is 0 Å². The highest BCUT2D eigenvalue weighted by molar-refractivity contribution is 5.75. The first-order valence-corrected chi connectivity index (χ1v) is 7.03. The Bertz CT molecular complexity index is 462. The fourth-order valence-electron chi connectivity index (χ4n) is 2.16. The average Bonchev–Trinajstić information content (AvgIpc) is 2.47. The van der Waals surface area contributed by atoms with Crippen LogP contribution in [0.5, 0.6) is 11.5 Å². The van der Waals surface area contributed by atoms with E-state index < -0.39 is 0 Å². The van der Waals surface area contributed by atoms with Crippen LogP contribution in [0.2, 0.25) is 0 Å². The van der Waals surface area contributed by atoms with Crippen LogP contribution in [0, 0.1) is 0 Å². The van der Waals surface area contributed by atoms with Gasteiger partial charge in [0, 0.05) is 20.0 Å². The fraction of sp³-hybridized carbons (Fsp3) is 0.533. The molecule has 20 heavy (non-hydrogen) atoms. The lowest BCUT2D eigenvalue weighted by Gasteiger charge is -2.21. The van der Waals surface area contributed by atoms with E-state index in [1.54, 1.807) is 4.90 Å². The molecule has 1 aromatic rings. The summed E-state index contributed by atoms with van der Waals surface area (Å²) in [6, 6.07) is 5.81. The number of hydrogen-bond donors (Lipinski definition) is 1. The summed E-state index contributed by atoms with van der Waals surface area (Å²) >= 11 is 0. The monoisotopic (exact) mass is 278 g/mol. The smallest absolute Gasteiger partial charge is 0.222 e. The average molecular weight is 278 g/mol. The van der Waals surface area contributed by atoms with Gasteiger partial charge in [-0.05, 0) is 37.1 Å². The van der Waals surface area contributed by atoms with Crippen molar-refractivity contribution in [3.63, 3.8) is 0 Å². The van der Waals surface area contributed by atoms with E-state index in [1.165, 1.54) is 0 Å². The quantitative estimate of drug-likeness (QED) is 0.802. The van der Waals surface area contributed by atoms with Crippen LogP contribution in [0.1, 0.15) is 24.8 Å². The van der Waals surface area contributed by atoms with Gasteiger partial charge < -0.3 is 20.1 Å². The molecule has 1 aromatic carbocycles. The summed E-state index contributed by atoms with van der Waals surface area (Å²) in [5, 5.41) is 0. The Balaban J connectivity index is 1.90. The second-order valence-corrected chi connectivity index (χ2v) is 4.97. The molecule has 0 saturated carbocycles. The van der Waals surface area contributed by atoms with Crippen molar-refractivity contribution < 1.29 is 14.3 Å². The lowest BCUT2D eigenvalue weighted by Crippen LogP contribution is -2.26. The molecule has 5 nitrogen and oxygen atoms in total. The van der Waals surface area contributed by atoms with E-state index in [1.807, 2.05) is 25.2 Å². The second-order valence-electron chi connectivity index (χ2n) is 4.97. The van der Waals surface area contributed by atoms with Crippen LogP contribution in [0.15, 0.2) is 18.2 Å². The summed E-state index contributed by atoms with van der Waals surface area (Å²) < 4.78 is 11.0. The number of fused-ring (bicyclic) bond motifs is 1. The van der Waals surface area contributed by atoms with Gasteiger partial charge in [0.25, 0.3) is 0 Å². The number of unbranched alkanes of at least 4 members (excludes halogenated alkanes) is 1. The molecule has 0 aromatic heterocycles. The van der Waals surface area contributed by atoms with Crippen molar-refractivity contribution in [1.29, 1.82) is 0 Å². The normalized spacial score (nSPS) is 13.1. The highest BCUT2D eigenvalue weighted by atomic mass is 16.6.